The summed E-state index contributed by atoms with van der Waals surface area (Å²) in [6.07, 6.45) is -0.319. The van der Waals surface area contributed by atoms with Crippen LogP contribution in [-0.2, 0) is 43.0 Å². The number of sulfonamides is 1. The predicted molar refractivity (Wildman–Crippen MR) is 203 cm³/mol. The molecular formula is C39H35ClF3N5O7S. The lowest BCUT2D eigenvalue weighted by Gasteiger charge is -2.25. The van der Waals surface area contributed by atoms with E-state index in [0.717, 1.165) is 21.0 Å². The standard InChI is InChI=1S/C39H35ClF3N5O7S/c1-3-30-35-29(44-45(30)2)21-46(56(53,54)33-12-5-4-10-31(33)48(51)52)18-17-39(42,43)22-47-36-27(15-16-28(40)34(35)36)26(37(47)38(49)50)9-7-19-55-32-11-6-8-23-20-24(41)13-14-25(23)32/h4-6,8,10-16,20H,3,7,9,17-19,21-22H2,1-2H3,(H,49,50). The number of ether oxygens (including phenoxy) is 1. The molecule has 0 radical (unpaired) electrons. The van der Waals surface area contributed by atoms with Gasteiger partial charge in [-0.05, 0) is 66.6 Å². The molecule has 0 saturated heterocycles. The van der Waals surface area contributed by atoms with E-state index in [2.05, 4.69) is 5.10 Å². The molecule has 3 heterocycles. The summed E-state index contributed by atoms with van der Waals surface area (Å²) in [6, 6.07) is 17.3. The van der Waals surface area contributed by atoms with Crippen LogP contribution in [0.3, 0.4) is 0 Å². The minimum Gasteiger partial charge on any atom is -0.493 e. The topological polar surface area (TPSA) is 150 Å². The van der Waals surface area contributed by atoms with E-state index >= 15 is 8.78 Å². The van der Waals surface area contributed by atoms with Crippen LogP contribution in [0, 0.1) is 15.9 Å². The average molecular weight is 810 g/mol. The maximum absolute atomic E-state index is 16.3. The molecule has 0 bridgehead atoms. The summed E-state index contributed by atoms with van der Waals surface area (Å²) >= 11 is 6.94. The highest BCUT2D eigenvalue weighted by Crippen LogP contribution is 2.45. The minimum atomic E-state index is -4.77. The number of aromatic carboxylic acids is 1. The molecule has 1 aliphatic rings. The molecule has 1 N–H and O–H groups in total. The Kier molecular flexibility index (Phi) is 10.3. The van der Waals surface area contributed by atoms with Crippen molar-refractivity contribution in [1.29, 1.82) is 0 Å². The molecule has 17 heteroatoms. The third-order valence-corrected chi connectivity index (χ3v) is 12.3. The zero-order valence-electron chi connectivity index (χ0n) is 30.1. The number of aryl methyl sites for hydroxylation is 2. The van der Waals surface area contributed by atoms with Crippen LogP contribution in [0.25, 0.3) is 32.8 Å². The highest BCUT2D eigenvalue weighted by Gasteiger charge is 2.40. The Labute approximate surface area is 323 Å². The molecule has 0 amide bonds. The third-order valence-electron chi connectivity index (χ3n) is 10.1. The third kappa shape index (κ3) is 6.96. The van der Waals surface area contributed by atoms with E-state index < -0.39 is 69.3 Å². The fraction of sp³-hybridized carbons (Fsp3) is 0.282. The molecule has 56 heavy (non-hydrogen) atoms. The number of hydrogen-bond acceptors (Lipinski definition) is 7. The lowest BCUT2D eigenvalue weighted by molar-refractivity contribution is -0.387. The van der Waals surface area contributed by atoms with Crippen LogP contribution in [0.2, 0.25) is 5.02 Å². The summed E-state index contributed by atoms with van der Waals surface area (Å²) in [4.78, 5) is 23.5. The van der Waals surface area contributed by atoms with Crippen molar-refractivity contribution in [2.24, 2.45) is 7.05 Å². The number of carboxylic acids is 1. The molecule has 4 aromatic carbocycles. The highest BCUT2D eigenvalue weighted by molar-refractivity contribution is 7.89. The molecule has 0 unspecified atom stereocenters. The Hall–Kier alpha value is -5.45. The van der Waals surface area contributed by atoms with Crippen LogP contribution >= 0.6 is 11.6 Å². The van der Waals surface area contributed by atoms with Crippen molar-refractivity contribution in [1.82, 2.24) is 18.7 Å². The summed E-state index contributed by atoms with van der Waals surface area (Å²) in [5.41, 5.74) is 0.569. The van der Waals surface area contributed by atoms with Gasteiger partial charge in [-0.1, -0.05) is 48.9 Å². The van der Waals surface area contributed by atoms with Crippen LogP contribution in [0.4, 0.5) is 18.9 Å². The van der Waals surface area contributed by atoms with E-state index in [1.165, 1.54) is 28.9 Å². The van der Waals surface area contributed by atoms with E-state index in [1.807, 2.05) is 6.92 Å². The van der Waals surface area contributed by atoms with Gasteiger partial charge in [-0.15, -0.1) is 0 Å². The maximum atomic E-state index is 16.3. The van der Waals surface area contributed by atoms with E-state index in [-0.39, 0.29) is 52.5 Å². The van der Waals surface area contributed by atoms with Crippen LogP contribution in [0.15, 0.2) is 77.7 Å². The number of rotatable bonds is 10. The second-order valence-electron chi connectivity index (χ2n) is 13.5. The number of carboxylic acid groups (broad SMARTS) is 1. The molecule has 0 saturated carbocycles. The molecular weight excluding hydrogens is 775 g/mol. The minimum absolute atomic E-state index is 0.0927. The van der Waals surface area contributed by atoms with Gasteiger partial charge in [0.05, 0.1) is 40.9 Å². The summed E-state index contributed by atoms with van der Waals surface area (Å²) < 4.78 is 84.2. The number of aromatic nitrogens is 3. The summed E-state index contributed by atoms with van der Waals surface area (Å²) in [7, 11) is -3.13. The van der Waals surface area contributed by atoms with Crippen molar-refractivity contribution in [3.05, 3.63) is 116 Å². The van der Waals surface area contributed by atoms with Gasteiger partial charge in [0.25, 0.3) is 11.6 Å². The monoisotopic (exact) mass is 809 g/mol. The lowest BCUT2D eigenvalue weighted by Crippen LogP contribution is -2.36. The Morgan fingerprint density at radius 2 is 1.82 bits per heavy atom. The van der Waals surface area contributed by atoms with Crippen molar-refractivity contribution in [3.8, 4) is 16.9 Å². The fourth-order valence-electron chi connectivity index (χ4n) is 7.61. The number of hydrogen-bond donors (Lipinski definition) is 1. The van der Waals surface area contributed by atoms with Gasteiger partial charge in [0, 0.05) is 53.7 Å². The number of halogens is 4. The number of benzene rings is 4. The molecule has 0 aliphatic carbocycles. The molecule has 12 nitrogen and oxygen atoms in total. The molecule has 0 fully saturated rings. The van der Waals surface area contributed by atoms with Crippen molar-refractivity contribution in [2.75, 3.05) is 13.2 Å². The van der Waals surface area contributed by atoms with Crippen LogP contribution in [0.1, 0.15) is 47.2 Å². The molecule has 2 aromatic heterocycles. The first-order valence-corrected chi connectivity index (χ1v) is 19.5. The van der Waals surface area contributed by atoms with Crippen LogP contribution < -0.4 is 4.74 Å². The molecule has 6 aromatic rings. The van der Waals surface area contributed by atoms with Crippen LogP contribution in [-0.4, -0.2) is 62.1 Å². The second-order valence-corrected chi connectivity index (χ2v) is 15.8. The number of nitro groups is 1. The van der Waals surface area contributed by atoms with Crippen molar-refractivity contribution in [2.45, 2.75) is 56.5 Å². The SMILES string of the molecule is CCc1c2c(nn1C)CN(S(=O)(=O)c1ccccc1[N+](=O)[O-])CCC(F)(F)Cn1c(C(=O)O)c(CCCOc3cccc4cc(F)ccc34)c3ccc(Cl)c-2c31. The first-order chi connectivity index (χ1) is 26.6. The Balaban J connectivity index is 1.36. The molecule has 0 atom stereocenters. The number of alkyl halides is 2. The van der Waals surface area contributed by atoms with E-state index in [9.17, 15) is 32.8 Å². The van der Waals surface area contributed by atoms with Gasteiger partial charge in [-0.3, -0.25) is 14.8 Å². The van der Waals surface area contributed by atoms with Gasteiger partial charge in [0.1, 0.15) is 17.3 Å². The number of nitro benzene ring substituents is 1. The number of carbonyl (C=O) groups is 1. The van der Waals surface area contributed by atoms with Gasteiger partial charge in [0.2, 0.25) is 10.0 Å². The van der Waals surface area contributed by atoms with Gasteiger partial charge in [-0.25, -0.2) is 26.4 Å². The average Bonchev–Trinajstić information content (AvgIpc) is 3.62. The second kappa shape index (κ2) is 14.9. The van der Waals surface area contributed by atoms with Gasteiger partial charge >= 0.3 is 5.97 Å². The van der Waals surface area contributed by atoms with Gasteiger partial charge < -0.3 is 14.4 Å². The molecule has 7 rings (SSSR count). The zero-order valence-corrected chi connectivity index (χ0v) is 31.7. The molecule has 292 valence electrons. The quantitative estimate of drug-likeness (QED) is 0.0824. The predicted octanol–water partition coefficient (Wildman–Crippen LogP) is 8.40. The zero-order chi connectivity index (χ0) is 40.1. The maximum Gasteiger partial charge on any atom is 0.352 e. The number of para-hydroxylation sites is 1. The first kappa shape index (κ1) is 38.8. The van der Waals surface area contributed by atoms with Crippen molar-refractivity contribution >= 4 is 55.0 Å². The lowest BCUT2D eigenvalue weighted by atomic mass is 9.97. The van der Waals surface area contributed by atoms with Gasteiger partial charge in [0.15, 0.2) is 4.90 Å². The summed E-state index contributed by atoms with van der Waals surface area (Å²) in [5.74, 6) is -5.03. The molecule has 1 aliphatic heterocycles. The van der Waals surface area contributed by atoms with E-state index in [0.29, 0.717) is 39.6 Å². The number of fused-ring (bicyclic) bond motifs is 3. The largest absolute Gasteiger partial charge is 0.493 e. The van der Waals surface area contributed by atoms with E-state index in [4.69, 9.17) is 16.3 Å². The smallest absolute Gasteiger partial charge is 0.352 e. The Bertz CT molecular complexity index is 2660. The van der Waals surface area contributed by atoms with E-state index in [1.54, 1.807) is 43.4 Å². The Morgan fingerprint density at radius 1 is 1.07 bits per heavy atom. The first-order valence-electron chi connectivity index (χ1n) is 17.7. The normalized spacial score (nSPS) is 14.8. The summed E-state index contributed by atoms with van der Waals surface area (Å²) in [5, 5.41) is 29.0. The van der Waals surface area contributed by atoms with Crippen molar-refractivity contribution in [3.63, 3.8) is 0 Å². The highest BCUT2D eigenvalue weighted by atomic mass is 35.5. The summed E-state index contributed by atoms with van der Waals surface area (Å²) in [6.45, 7) is -0.516. The van der Waals surface area contributed by atoms with Gasteiger partial charge in [-0.2, -0.15) is 9.40 Å². The Morgan fingerprint density at radius 3 is 2.55 bits per heavy atom. The van der Waals surface area contributed by atoms with Crippen molar-refractivity contribution < 1.29 is 41.2 Å². The molecule has 0 spiro atoms. The number of nitrogens with zero attached hydrogens (tertiary/aromatic N) is 5. The van der Waals surface area contributed by atoms with Crippen LogP contribution in [0.5, 0.6) is 5.75 Å². The fourth-order valence-corrected chi connectivity index (χ4v) is 9.41.